The highest BCUT2D eigenvalue weighted by Crippen LogP contribution is 2.43. The topological polar surface area (TPSA) is 111 Å². The van der Waals surface area contributed by atoms with Gasteiger partial charge in [0.1, 0.15) is 19.3 Å². The minimum Gasteiger partial charge on any atom is -0.456 e. The van der Waals surface area contributed by atoms with Gasteiger partial charge >= 0.3 is 13.8 Å². The number of rotatable bonds is 56. The summed E-state index contributed by atoms with van der Waals surface area (Å²) in [7, 11) is 1.49. The fraction of sp³-hybridized carbons (Fsp3) is 0.871. The normalized spacial score (nSPS) is 13.9. The number of likely N-dealkylation sites (N-methyl/N-ethyl adjacent to an activating group) is 1. The van der Waals surface area contributed by atoms with Crippen LogP contribution < -0.4 is 5.32 Å². The molecule has 3 atom stereocenters. The highest BCUT2D eigenvalue weighted by Gasteiger charge is 2.30. The summed E-state index contributed by atoms with van der Waals surface area (Å²) in [6.07, 6.45) is 62.9. The Morgan fingerprint density at radius 1 is 0.486 bits per heavy atom. The second-order valence-corrected chi connectivity index (χ2v) is 23.7. The highest BCUT2D eigenvalue weighted by atomic mass is 31.2. The summed E-state index contributed by atoms with van der Waals surface area (Å²) in [5, 5.41) is 3.04. The summed E-state index contributed by atoms with van der Waals surface area (Å²) >= 11 is 0. The van der Waals surface area contributed by atoms with Crippen molar-refractivity contribution >= 4 is 19.7 Å². The fourth-order valence-corrected chi connectivity index (χ4v) is 9.79. The van der Waals surface area contributed by atoms with Gasteiger partial charge < -0.3 is 19.4 Å². The number of carbonyl (C=O) groups excluding carboxylic acids is 2. The third kappa shape index (κ3) is 53.1. The maximum Gasteiger partial charge on any atom is 0.472 e. The number of hydrogen-bond donors (Lipinski definition) is 2. The minimum atomic E-state index is -4.45. The molecule has 0 radical (unpaired) electrons. The lowest BCUT2D eigenvalue weighted by Crippen LogP contribution is -2.47. The Labute approximate surface area is 446 Å². The van der Waals surface area contributed by atoms with E-state index in [9.17, 15) is 19.0 Å². The van der Waals surface area contributed by atoms with Crippen molar-refractivity contribution in [3.8, 4) is 0 Å². The van der Waals surface area contributed by atoms with Crippen LogP contribution in [0.15, 0.2) is 36.5 Å². The van der Waals surface area contributed by atoms with Crippen LogP contribution in [0.25, 0.3) is 0 Å². The first-order valence-electron chi connectivity index (χ1n) is 30.8. The van der Waals surface area contributed by atoms with E-state index < -0.39 is 20.0 Å². The molecule has 0 aromatic rings. The second-order valence-electron chi connectivity index (χ2n) is 22.3. The van der Waals surface area contributed by atoms with E-state index in [0.717, 1.165) is 64.2 Å². The molecule has 0 aliphatic carbocycles. The first-order valence-corrected chi connectivity index (χ1v) is 32.3. The number of esters is 1. The maximum absolute atomic E-state index is 13.5. The molecule has 0 saturated heterocycles. The summed E-state index contributed by atoms with van der Waals surface area (Å²) in [5.41, 5.74) is 0. The summed E-state index contributed by atoms with van der Waals surface area (Å²) in [6, 6.07) is -0.857. The average Bonchev–Trinajstić information content (AvgIpc) is 3.34. The lowest BCUT2D eigenvalue weighted by atomic mass is 10.0. The predicted molar refractivity (Wildman–Crippen MR) is 309 cm³/mol. The lowest BCUT2D eigenvalue weighted by molar-refractivity contribution is -0.870. The minimum absolute atomic E-state index is 0.0372. The maximum atomic E-state index is 13.5. The number of allylic oxidation sites excluding steroid dienone is 5. The van der Waals surface area contributed by atoms with Crippen LogP contribution in [0.5, 0.6) is 0 Å². The molecule has 0 saturated carbocycles. The van der Waals surface area contributed by atoms with Gasteiger partial charge in [0.15, 0.2) is 0 Å². The third-order valence-corrected chi connectivity index (χ3v) is 14.8. The zero-order valence-electron chi connectivity index (χ0n) is 48.4. The monoisotopic (exact) mass is 1040 g/mol. The van der Waals surface area contributed by atoms with E-state index in [1.165, 1.54) is 193 Å². The number of nitrogens with zero attached hydrogens (tertiary/aromatic N) is 1. The highest BCUT2D eigenvalue weighted by molar-refractivity contribution is 7.47. The Kier molecular flexibility index (Phi) is 51.4. The smallest absolute Gasteiger partial charge is 0.456 e. The molecule has 3 unspecified atom stereocenters. The summed E-state index contributed by atoms with van der Waals surface area (Å²) in [5.74, 6) is -0.524. The van der Waals surface area contributed by atoms with Crippen LogP contribution in [-0.4, -0.2) is 74.3 Å². The van der Waals surface area contributed by atoms with Crippen molar-refractivity contribution in [2.45, 2.75) is 309 Å². The van der Waals surface area contributed by atoms with Crippen molar-refractivity contribution in [1.82, 2.24) is 5.32 Å². The van der Waals surface area contributed by atoms with Crippen LogP contribution in [-0.2, 0) is 27.9 Å². The Hall–Kier alpha value is -1.77. The molecule has 9 nitrogen and oxygen atoms in total. The van der Waals surface area contributed by atoms with E-state index >= 15 is 0 Å². The molecule has 72 heavy (non-hydrogen) atoms. The predicted octanol–water partition coefficient (Wildman–Crippen LogP) is 18.7. The van der Waals surface area contributed by atoms with Gasteiger partial charge in [0, 0.05) is 12.8 Å². The van der Waals surface area contributed by atoms with Gasteiger partial charge in [-0.15, -0.1) is 0 Å². The van der Waals surface area contributed by atoms with Crippen LogP contribution in [0.2, 0.25) is 0 Å². The van der Waals surface area contributed by atoms with Gasteiger partial charge in [0.05, 0.1) is 33.8 Å². The van der Waals surface area contributed by atoms with Crippen molar-refractivity contribution in [3.05, 3.63) is 36.5 Å². The standard InChI is InChI=1S/C62H119N2O7P/c1-7-10-13-16-19-22-25-27-29-31-32-33-35-37-40-43-46-49-52-55-62(66)71-60(53-50-47-44-41-38-24-21-18-15-12-9-3)59(58-70-72(67,68)69-57-56-64(4,5)6)63-61(65)54-51-48-45-42-39-36-34-30-28-26-23-20-17-14-11-8-2/h30,34,36,39,50,53,59-60H,7-29,31-33,35,37-38,40-49,51-52,54-58H2,1-6H3,(H-,63,65,67,68)/p+1/b34-30+,39-36+,53-50+. The van der Waals surface area contributed by atoms with Gasteiger partial charge in [-0.3, -0.25) is 18.6 Å². The molecule has 0 aliphatic heterocycles. The first kappa shape index (κ1) is 70.2. The Bertz CT molecular complexity index is 1330. The first-order chi connectivity index (χ1) is 34.9. The number of phosphoric acid groups is 1. The number of phosphoric ester groups is 1. The zero-order valence-corrected chi connectivity index (χ0v) is 49.3. The van der Waals surface area contributed by atoms with Gasteiger partial charge in [0.25, 0.3) is 0 Å². The summed E-state index contributed by atoms with van der Waals surface area (Å²) < 4.78 is 30.6. The number of nitrogens with one attached hydrogen (secondary N) is 1. The summed E-state index contributed by atoms with van der Waals surface area (Å²) in [4.78, 5) is 37.6. The van der Waals surface area contributed by atoms with E-state index in [1.807, 2.05) is 33.3 Å². The Balaban J connectivity index is 5.24. The number of hydrogen-bond acceptors (Lipinski definition) is 6. The van der Waals surface area contributed by atoms with Gasteiger partial charge in [-0.05, 0) is 57.4 Å². The van der Waals surface area contributed by atoms with E-state index in [4.69, 9.17) is 13.8 Å². The van der Waals surface area contributed by atoms with Crippen LogP contribution in [0.4, 0.5) is 0 Å². The van der Waals surface area contributed by atoms with Crippen LogP contribution in [0, 0.1) is 0 Å². The molecule has 0 rings (SSSR count). The lowest BCUT2D eigenvalue weighted by Gasteiger charge is -2.27. The summed E-state index contributed by atoms with van der Waals surface area (Å²) in [6.45, 7) is 7.01. The molecule has 424 valence electrons. The van der Waals surface area contributed by atoms with Crippen LogP contribution >= 0.6 is 7.82 Å². The van der Waals surface area contributed by atoms with Crippen molar-refractivity contribution in [1.29, 1.82) is 0 Å². The second kappa shape index (κ2) is 52.7. The Morgan fingerprint density at radius 3 is 1.24 bits per heavy atom. The number of carbonyl (C=O) groups is 2. The molecular weight excluding hydrogens is 916 g/mol. The molecule has 1 amide bonds. The van der Waals surface area contributed by atoms with Crippen LogP contribution in [0.3, 0.4) is 0 Å². The SMILES string of the molecule is CCCCCCCCC/C=C/C=C/CCCCCC(=O)NC(COP(=O)(O)OCC[N+](C)(C)C)C(/C=C/CCCCCCCCCCC)OC(=O)CCCCCCCCCCCCCCCCCCCCC. The Morgan fingerprint density at radius 2 is 0.833 bits per heavy atom. The van der Waals surface area contributed by atoms with Gasteiger partial charge in [-0.2, -0.15) is 0 Å². The van der Waals surface area contributed by atoms with Gasteiger partial charge in [0.2, 0.25) is 5.91 Å². The fourth-order valence-electron chi connectivity index (χ4n) is 9.05. The average molecular weight is 1040 g/mol. The van der Waals surface area contributed by atoms with E-state index in [1.54, 1.807) is 0 Å². The third-order valence-electron chi connectivity index (χ3n) is 13.9. The van der Waals surface area contributed by atoms with Gasteiger partial charge in [-0.25, -0.2) is 4.57 Å². The number of ether oxygens (including phenoxy) is 1. The molecule has 0 bridgehead atoms. The zero-order chi connectivity index (χ0) is 52.9. The molecular formula is C62H120N2O7P+. The number of unbranched alkanes of at least 4 members (excludes halogenated alkanes) is 37. The number of quaternary nitrogens is 1. The largest absolute Gasteiger partial charge is 0.472 e. The number of amides is 1. The van der Waals surface area contributed by atoms with E-state index in [2.05, 4.69) is 50.4 Å². The van der Waals surface area contributed by atoms with Crippen molar-refractivity contribution in [2.24, 2.45) is 0 Å². The van der Waals surface area contributed by atoms with Crippen molar-refractivity contribution in [2.75, 3.05) is 40.9 Å². The van der Waals surface area contributed by atoms with Crippen LogP contribution in [0.1, 0.15) is 297 Å². The quantitative estimate of drug-likeness (QED) is 0.0156. The van der Waals surface area contributed by atoms with E-state index in [-0.39, 0.29) is 25.1 Å². The molecule has 0 aliphatic rings. The molecule has 0 aromatic heterocycles. The molecule has 0 fully saturated rings. The molecule has 2 N–H and O–H groups in total. The molecule has 0 heterocycles. The molecule has 10 heteroatoms. The van der Waals surface area contributed by atoms with Crippen molar-refractivity contribution in [3.63, 3.8) is 0 Å². The van der Waals surface area contributed by atoms with Crippen molar-refractivity contribution < 1.29 is 37.3 Å². The van der Waals surface area contributed by atoms with Gasteiger partial charge in [-0.1, -0.05) is 263 Å². The molecule has 0 spiro atoms. The molecule has 0 aromatic carbocycles. The van der Waals surface area contributed by atoms with E-state index in [0.29, 0.717) is 30.3 Å².